The van der Waals surface area contributed by atoms with E-state index in [0.717, 1.165) is 12.5 Å². The number of alkyl halides is 2. The third-order valence-electron chi connectivity index (χ3n) is 7.28. The summed E-state index contributed by atoms with van der Waals surface area (Å²) in [5.74, 6) is -2.60. The summed E-state index contributed by atoms with van der Waals surface area (Å²) in [5, 5.41) is 9.39. The van der Waals surface area contributed by atoms with E-state index in [0.29, 0.717) is 36.4 Å². The summed E-state index contributed by atoms with van der Waals surface area (Å²) >= 11 is 0. The summed E-state index contributed by atoms with van der Waals surface area (Å²) in [6.07, 6.45) is 0. The van der Waals surface area contributed by atoms with Crippen molar-refractivity contribution in [3.8, 4) is 11.8 Å². The zero-order valence-corrected chi connectivity index (χ0v) is 20.1. The fraction of sp³-hybridized carbons (Fsp3) is 0.423. The van der Waals surface area contributed by atoms with Crippen LogP contribution in [0.2, 0.25) is 0 Å². The molecule has 3 atom stereocenters. The molecule has 0 amide bonds. The van der Waals surface area contributed by atoms with Gasteiger partial charge >= 0.3 is 0 Å². The Hall–Kier alpha value is -3.51. The maximum atomic E-state index is 13.6. The van der Waals surface area contributed by atoms with Crippen molar-refractivity contribution in [1.82, 2.24) is 14.5 Å². The lowest BCUT2D eigenvalue weighted by Crippen LogP contribution is -2.61. The van der Waals surface area contributed by atoms with Crippen LogP contribution >= 0.6 is 0 Å². The van der Waals surface area contributed by atoms with Crippen molar-refractivity contribution in [1.29, 1.82) is 5.26 Å². The normalized spacial score (nSPS) is 21.1. The average molecular weight is 480 g/mol. The first kappa shape index (κ1) is 23.2. The number of rotatable bonds is 3. The van der Waals surface area contributed by atoms with E-state index in [-0.39, 0.29) is 40.7 Å². The van der Waals surface area contributed by atoms with Gasteiger partial charge in [-0.2, -0.15) is 5.26 Å². The first-order valence-electron chi connectivity index (χ1n) is 11.7. The summed E-state index contributed by atoms with van der Waals surface area (Å²) in [5.41, 5.74) is 2.89. The minimum atomic E-state index is -2.87. The Bertz CT molecular complexity index is 1390. The van der Waals surface area contributed by atoms with Crippen molar-refractivity contribution in [2.24, 2.45) is 7.05 Å². The lowest BCUT2D eigenvalue weighted by Gasteiger charge is -2.50. The number of hydrogen-bond acceptors (Lipinski definition) is 6. The van der Waals surface area contributed by atoms with Crippen LogP contribution in [0, 0.1) is 11.3 Å². The van der Waals surface area contributed by atoms with Crippen molar-refractivity contribution >= 4 is 16.7 Å². The fourth-order valence-electron chi connectivity index (χ4n) is 5.27. The van der Waals surface area contributed by atoms with Crippen LogP contribution in [0.5, 0.6) is 5.75 Å². The molecule has 1 aromatic carbocycles. The number of aromatic nitrogens is 2. The van der Waals surface area contributed by atoms with Gasteiger partial charge in [0.05, 0.1) is 11.6 Å². The minimum absolute atomic E-state index is 0.00121. The van der Waals surface area contributed by atoms with Crippen LogP contribution in [0.3, 0.4) is 0 Å². The van der Waals surface area contributed by atoms with Crippen molar-refractivity contribution in [2.45, 2.75) is 44.8 Å². The van der Waals surface area contributed by atoms with Gasteiger partial charge in [0.2, 0.25) is 5.75 Å². The predicted molar refractivity (Wildman–Crippen MR) is 129 cm³/mol. The number of aryl methyl sites for hydroxylation is 1. The topological polar surface area (TPSA) is 74.4 Å². The molecule has 2 aliphatic heterocycles. The second-order valence-corrected chi connectivity index (χ2v) is 9.57. The molecule has 0 radical (unpaired) electrons. The number of pyridine rings is 2. The number of fused-ring (bicyclic) bond motifs is 5. The third kappa shape index (κ3) is 3.82. The second kappa shape index (κ2) is 8.31. The third-order valence-corrected chi connectivity index (χ3v) is 7.28. The number of anilines is 1. The molecule has 7 nitrogen and oxygen atoms in total. The van der Waals surface area contributed by atoms with Crippen LogP contribution in [0.15, 0.2) is 41.2 Å². The Balaban J connectivity index is 1.49. The molecule has 9 heteroatoms. The highest BCUT2D eigenvalue weighted by Crippen LogP contribution is 2.40. The van der Waals surface area contributed by atoms with E-state index >= 15 is 0 Å². The Morgan fingerprint density at radius 3 is 2.57 bits per heavy atom. The monoisotopic (exact) mass is 479 g/mol. The summed E-state index contributed by atoms with van der Waals surface area (Å²) in [7, 11) is 1.68. The van der Waals surface area contributed by atoms with Gasteiger partial charge in [-0.15, -0.1) is 0 Å². The van der Waals surface area contributed by atoms with Crippen molar-refractivity contribution < 1.29 is 13.5 Å². The molecule has 3 aromatic rings. The molecular formula is C26H27F2N5O2. The first-order valence-corrected chi connectivity index (χ1v) is 11.7. The number of nitrogens with zero attached hydrogens (tertiary/aromatic N) is 5. The van der Waals surface area contributed by atoms with Gasteiger partial charge in [-0.1, -0.05) is 24.3 Å². The Morgan fingerprint density at radius 2 is 1.91 bits per heavy atom. The van der Waals surface area contributed by atoms with E-state index in [1.165, 1.54) is 16.7 Å². The molecule has 4 heterocycles. The van der Waals surface area contributed by atoms with Gasteiger partial charge in [0.15, 0.2) is 0 Å². The predicted octanol–water partition coefficient (Wildman–Crippen LogP) is 3.95. The number of nitriles is 1. The van der Waals surface area contributed by atoms with Gasteiger partial charge in [0.25, 0.3) is 11.5 Å². The zero-order valence-electron chi connectivity index (χ0n) is 20.1. The Labute approximate surface area is 202 Å². The summed E-state index contributed by atoms with van der Waals surface area (Å²) in [4.78, 5) is 22.1. The molecule has 2 aromatic heterocycles. The summed E-state index contributed by atoms with van der Waals surface area (Å²) in [6, 6.07) is 12.1. The van der Waals surface area contributed by atoms with Gasteiger partial charge in [-0.05, 0) is 31.5 Å². The van der Waals surface area contributed by atoms with Crippen LogP contribution < -0.4 is 15.2 Å². The molecule has 35 heavy (non-hydrogen) atoms. The average Bonchev–Trinajstić information content (AvgIpc) is 2.85. The summed E-state index contributed by atoms with van der Waals surface area (Å²) in [6.45, 7) is 6.75. The van der Waals surface area contributed by atoms with Gasteiger partial charge in [0, 0.05) is 44.7 Å². The largest absolute Gasteiger partial charge is 0.484 e. The molecular weight excluding hydrogens is 452 g/mol. The van der Waals surface area contributed by atoms with E-state index < -0.39 is 5.92 Å². The smallest absolute Gasteiger partial charge is 0.295 e. The molecule has 1 fully saturated rings. The number of hydrogen-bond donors (Lipinski definition) is 0. The molecule has 0 aliphatic carbocycles. The zero-order chi connectivity index (χ0) is 25.1. The molecule has 182 valence electrons. The maximum Gasteiger partial charge on any atom is 0.295 e. The molecule has 5 rings (SSSR count). The number of piperazine rings is 1. The van der Waals surface area contributed by atoms with Crippen LogP contribution in [0.4, 0.5) is 14.5 Å². The van der Waals surface area contributed by atoms with Gasteiger partial charge in [0.1, 0.15) is 29.6 Å². The van der Waals surface area contributed by atoms with Gasteiger partial charge in [-0.3, -0.25) is 9.69 Å². The first-order chi connectivity index (χ1) is 16.6. The van der Waals surface area contributed by atoms with E-state index in [1.54, 1.807) is 31.3 Å². The van der Waals surface area contributed by atoms with Crippen LogP contribution in [-0.4, -0.2) is 46.2 Å². The van der Waals surface area contributed by atoms with Gasteiger partial charge in [-0.25, -0.2) is 13.8 Å². The van der Waals surface area contributed by atoms with Gasteiger partial charge < -0.3 is 14.2 Å². The maximum absolute atomic E-state index is 13.6. The van der Waals surface area contributed by atoms with Crippen LogP contribution in [0.25, 0.3) is 11.0 Å². The number of ether oxygens (including phenoxy) is 1. The second-order valence-electron chi connectivity index (χ2n) is 9.57. The van der Waals surface area contributed by atoms with Crippen molar-refractivity contribution in [3.63, 3.8) is 0 Å². The lowest BCUT2D eigenvalue weighted by molar-refractivity contribution is 0.0174. The van der Waals surface area contributed by atoms with E-state index in [2.05, 4.69) is 34.7 Å². The lowest BCUT2D eigenvalue weighted by atomic mass is 9.97. The number of halogens is 2. The molecule has 0 unspecified atom stereocenters. The SMILES string of the molecule is C[C@@H]1CN2c3c(c(=O)n(C)c4ccc(C#N)nc34)OC[C@@H]2CN1[C@@H](C)c1ccc(C(C)(F)F)cc1. The molecule has 0 bridgehead atoms. The molecule has 0 spiro atoms. The van der Waals surface area contributed by atoms with Crippen molar-refractivity contribution in [2.75, 3.05) is 24.6 Å². The highest BCUT2D eigenvalue weighted by molar-refractivity contribution is 5.93. The fourth-order valence-corrected chi connectivity index (χ4v) is 5.27. The highest BCUT2D eigenvalue weighted by Gasteiger charge is 2.40. The Morgan fingerprint density at radius 1 is 1.20 bits per heavy atom. The number of benzene rings is 1. The Kier molecular flexibility index (Phi) is 5.52. The van der Waals surface area contributed by atoms with E-state index in [4.69, 9.17) is 4.74 Å². The molecule has 2 aliphatic rings. The standard InChI is InChI=1S/C26H27F2N5O2/c1-15-12-33-20(13-32(15)16(2)17-5-7-18(8-6-17)26(3,27)28)14-35-24-23(33)22-21(31(4)25(24)34)10-9-19(11-29)30-22/h5-10,15-16,20H,12-14H2,1-4H3/t15-,16+,20+/m1/s1. The van der Waals surface area contributed by atoms with Crippen LogP contribution in [-0.2, 0) is 13.0 Å². The van der Waals surface area contributed by atoms with Crippen molar-refractivity contribution in [3.05, 3.63) is 63.6 Å². The van der Waals surface area contributed by atoms with E-state index in [1.807, 2.05) is 0 Å². The highest BCUT2D eigenvalue weighted by atomic mass is 19.3. The van der Waals surface area contributed by atoms with E-state index in [9.17, 15) is 18.8 Å². The minimum Gasteiger partial charge on any atom is -0.484 e. The van der Waals surface area contributed by atoms with Crippen LogP contribution in [0.1, 0.15) is 43.6 Å². The molecule has 0 saturated carbocycles. The quantitative estimate of drug-likeness (QED) is 0.566. The molecule has 1 saturated heterocycles. The molecule has 0 N–H and O–H groups in total. The summed E-state index contributed by atoms with van der Waals surface area (Å²) < 4.78 is 34.8.